The highest BCUT2D eigenvalue weighted by Gasteiger charge is 2.40. The molecule has 4 unspecified atom stereocenters. The standard InChI is InChI=1S/C16H25N3/c1-19-15-5-4-13(17)9-14(15)18-16(19)8-12-7-10-2-3-11(12)6-10/h10-13H,2-9,17H2,1H3. The Balaban J connectivity index is 1.55. The van der Waals surface area contributed by atoms with E-state index in [0.29, 0.717) is 6.04 Å². The van der Waals surface area contributed by atoms with Gasteiger partial charge < -0.3 is 10.3 Å². The Morgan fingerprint density at radius 1 is 1.26 bits per heavy atom. The monoisotopic (exact) mass is 259 g/mol. The van der Waals surface area contributed by atoms with Crippen LogP contribution in [0.2, 0.25) is 0 Å². The van der Waals surface area contributed by atoms with Crippen LogP contribution < -0.4 is 5.73 Å². The van der Waals surface area contributed by atoms with Crippen LogP contribution in [-0.4, -0.2) is 15.6 Å². The van der Waals surface area contributed by atoms with Crippen LogP contribution in [0.5, 0.6) is 0 Å². The summed E-state index contributed by atoms with van der Waals surface area (Å²) >= 11 is 0. The molecule has 3 aliphatic rings. The second-order valence-electron chi connectivity index (χ2n) is 7.12. The van der Waals surface area contributed by atoms with Crippen molar-refractivity contribution < 1.29 is 0 Å². The van der Waals surface area contributed by atoms with E-state index in [-0.39, 0.29) is 0 Å². The molecule has 1 aromatic heterocycles. The molecule has 4 atom stereocenters. The summed E-state index contributed by atoms with van der Waals surface area (Å²) < 4.78 is 2.38. The van der Waals surface area contributed by atoms with Gasteiger partial charge in [0.25, 0.3) is 0 Å². The van der Waals surface area contributed by atoms with Crippen LogP contribution in [0, 0.1) is 17.8 Å². The zero-order valence-electron chi connectivity index (χ0n) is 11.9. The molecule has 1 aromatic rings. The van der Waals surface area contributed by atoms with Gasteiger partial charge in [0.2, 0.25) is 0 Å². The predicted molar refractivity (Wildman–Crippen MR) is 75.9 cm³/mol. The van der Waals surface area contributed by atoms with E-state index < -0.39 is 0 Å². The number of imidazole rings is 1. The Morgan fingerprint density at radius 2 is 2.16 bits per heavy atom. The Hall–Kier alpha value is -0.830. The molecule has 104 valence electrons. The maximum absolute atomic E-state index is 6.07. The number of hydrogen-bond donors (Lipinski definition) is 1. The number of aromatic nitrogens is 2. The predicted octanol–water partition coefficient (Wildman–Crippen LogP) is 2.21. The minimum absolute atomic E-state index is 0.331. The van der Waals surface area contributed by atoms with Crippen LogP contribution in [0.1, 0.15) is 49.3 Å². The molecule has 0 amide bonds. The van der Waals surface area contributed by atoms with Crippen molar-refractivity contribution >= 4 is 0 Å². The third-order valence-electron chi connectivity index (χ3n) is 5.93. The fourth-order valence-corrected chi connectivity index (χ4v) is 4.84. The number of nitrogens with two attached hydrogens (primary N) is 1. The first-order chi connectivity index (χ1) is 9.20. The average molecular weight is 259 g/mol. The van der Waals surface area contributed by atoms with E-state index in [1.165, 1.54) is 49.3 Å². The number of fused-ring (bicyclic) bond motifs is 3. The molecule has 2 fully saturated rings. The molecule has 2 N–H and O–H groups in total. The molecular weight excluding hydrogens is 234 g/mol. The molecule has 3 heteroatoms. The van der Waals surface area contributed by atoms with E-state index in [9.17, 15) is 0 Å². The third-order valence-corrected chi connectivity index (χ3v) is 5.93. The number of hydrogen-bond acceptors (Lipinski definition) is 2. The van der Waals surface area contributed by atoms with E-state index >= 15 is 0 Å². The lowest BCUT2D eigenvalue weighted by Crippen LogP contribution is -2.28. The molecule has 2 saturated carbocycles. The van der Waals surface area contributed by atoms with E-state index in [2.05, 4.69) is 11.6 Å². The first kappa shape index (κ1) is 12.0. The SMILES string of the molecule is Cn1c(CC2CC3CCC2C3)nc2c1CCC(N)C2. The second-order valence-corrected chi connectivity index (χ2v) is 7.12. The summed E-state index contributed by atoms with van der Waals surface area (Å²) in [4.78, 5) is 4.93. The van der Waals surface area contributed by atoms with Gasteiger partial charge in [-0.25, -0.2) is 4.98 Å². The highest BCUT2D eigenvalue weighted by molar-refractivity contribution is 5.22. The van der Waals surface area contributed by atoms with Gasteiger partial charge in [0.15, 0.2) is 0 Å². The Bertz CT molecular complexity index is 490. The molecule has 4 rings (SSSR count). The molecule has 3 aliphatic carbocycles. The lowest BCUT2D eigenvalue weighted by atomic mass is 9.86. The van der Waals surface area contributed by atoms with Crippen molar-refractivity contribution in [2.24, 2.45) is 30.5 Å². The summed E-state index contributed by atoms with van der Waals surface area (Å²) in [7, 11) is 2.21. The molecule has 2 bridgehead atoms. The number of nitrogens with zero attached hydrogens (tertiary/aromatic N) is 2. The molecule has 19 heavy (non-hydrogen) atoms. The van der Waals surface area contributed by atoms with E-state index in [0.717, 1.165) is 37.0 Å². The summed E-state index contributed by atoms with van der Waals surface area (Å²) in [5.74, 6) is 4.28. The maximum Gasteiger partial charge on any atom is 0.109 e. The van der Waals surface area contributed by atoms with Crippen molar-refractivity contribution in [2.45, 2.75) is 57.4 Å². The largest absolute Gasteiger partial charge is 0.335 e. The molecule has 0 aromatic carbocycles. The van der Waals surface area contributed by atoms with Crippen molar-refractivity contribution in [3.05, 3.63) is 17.2 Å². The molecule has 0 radical (unpaired) electrons. The summed E-state index contributed by atoms with van der Waals surface area (Å²) in [5.41, 5.74) is 8.82. The topological polar surface area (TPSA) is 43.8 Å². The van der Waals surface area contributed by atoms with Gasteiger partial charge in [-0.1, -0.05) is 6.42 Å². The van der Waals surface area contributed by atoms with Gasteiger partial charge in [0, 0.05) is 31.6 Å². The molecule has 0 saturated heterocycles. The van der Waals surface area contributed by atoms with Crippen LogP contribution in [0.4, 0.5) is 0 Å². The summed E-state index contributed by atoms with van der Waals surface area (Å²) in [5, 5.41) is 0. The van der Waals surface area contributed by atoms with E-state index in [1.54, 1.807) is 0 Å². The Labute approximate surface area is 115 Å². The fourth-order valence-electron chi connectivity index (χ4n) is 4.84. The Morgan fingerprint density at radius 3 is 2.89 bits per heavy atom. The zero-order valence-corrected chi connectivity index (χ0v) is 11.9. The van der Waals surface area contributed by atoms with E-state index in [4.69, 9.17) is 10.7 Å². The smallest absolute Gasteiger partial charge is 0.109 e. The van der Waals surface area contributed by atoms with Crippen molar-refractivity contribution in [2.75, 3.05) is 0 Å². The molecule has 1 heterocycles. The van der Waals surface area contributed by atoms with E-state index in [1.807, 2.05) is 0 Å². The normalized spacial score (nSPS) is 36.7. The Kier molecular flexibility index (Phi) is 2.73. The summed E-state index contributed by atoms with van der Waals surface area (Å²) in [6.07, 6.45) is 10.4. The molecule has 0 aliphatic heterocycles. The quantitative estimate of drug-likeness (QED) is 0.885. The van der Waals surface area contributed by atoms with Crippen molar-refractivity contribution in [1.82, 2.24) is 9.55 Å². The van der Waals surface area contributed by atoms with Crippen molar-refractivity contribution in [3.63, 3.8) is 0 Å². The van der Waals surface area contributed by atoms with Crippen molar-refractivity contribution in [1.29, 1.82) is 0 Å². The molecule has 0 spiro atoms. The van der Waals surface area contributed by atoms with Crippen molar-refractivity contribution in [3.8, 4) is 0 Å². The van der Waals surface area contributed by atoms with Gasteiger partial charge in [-0.2, -0.15) is 0 Å². The van der Waals surface area contributed by atoms with Gasteiger partial charge in [-0.05, 0) is 49.9 Å². The molecule has 3 nitrogen and oxygen atoms in total. The van der Waals surface area contributed by atoms with Gasteiger partial charge in [-0.15, -0.1) is 0 Å². The lowest BCUT2D eigenvalue weighted by molar-refractivity contribution is 0.324. The maximum atomic E-state index is 6.07. The van der Waals surface area contributed by atoms with Crippen LogP contribution in [-0.2, 0) is 26.3 Å². The lowest BCUT2D eigenvalue weighted by Gasteiger charge is -2.21. The minimum atomic E-state index is 0.331. The first-order valence-electron chi connectivity index (χ1n) is 7.99. The van der Waals surface area contributed by atoms with Gasteiger partial charge >= 0.3 is 0 Å². The van der Waals surface area contributed by atoms with Gasteiger partial charge in [-0.3, -0.25) is 0 Å². The van der Waals surface area contributed by atoms with Crippen LogP contribution in [0.3, 0.4) is 0 Å². The second kappa shape index (κ2) is 4.34. The van der Waals surface area contributed by atoms with Crippen LogP contribution >= 0.6 is 0 Å². The average Bonchev–Trinajstić information content (AvgIpc) is 3.06. The molecular formula is C16H25N3. The third kappa shape index (κ3) is 1.94. The summed E-state index contributed by atoms with van der Waals surface area (Å²) in [6, 6.07) is 0.331. The minimum Gasteiger partial charge on any atom is -0.335 e. The number of rotatable bonds is 2. The zero-order chi connectivity index (χ0) is 13.0. The van der Waals surface area contributed by atoms with Crippen LogP contribution in [0.15, 0.2) is 0 Å². The first-order valence-corrected chi connectivity index (χ1v) is 7.99. The summed E-state index contributed by atoms with van der Waals surface area (Å²) in [6.45, 7) is 0. The van der Waals surface area contributed by atoms with Crippen LogP contribution in [0.25, 0.3) is 0 Å². The van der Waals surface area contributed by atoms with Gasteiger partial charge in [0.1, 0.15) is 5.82 Å². The fraction of sp³-hybridized carbons (Fsp3) is 0.812. The highest BCUT2D eigenvalue weighted by Crippen LogP contribution is 2.49. The highest BCUT2D eigenvalue weighted by atomic mass is 15.1. The van der Waals surface area contributed by atoms with Gasteiger partial charge in [0.05, 0.1) is 5.69 Å².